The topological polar surface area (TPSA) is 85.4 Å². The van der Waals surface area contributed by atoms with E-state index in [9.17, 15) is 14.7 Å². The first kappa shape index (κ1) is 17.3. The van der Waals surface area contributed by atoms with Crippen LogP contribution in [0.15, 0.2) is 54.7 Å². The molecule has 6 nitrogen and oxygen atoms in total. The fourth-order valence-corrected chi connectivity index (χ4v) is 3.72. The first-order valence-corrected chi connectivity index (χ1v) is 9.08. The van der Waals surface area contributed by atoms with E-state index in [0.29, 0.717) is 11.3 Å². The number of rotatable bonds is 5. The van der Waals surface area contributed by atoms with Crippen molar-refractivity contribution in [3.63, 3.8) is 0 Å². The summed E-state index contributed by atoms with van der Waals surface area (Å²) in [6.07, 6.45) is 3.81. The van der Waals surface area contributed by atoms with Crippen LogP contribution in [0.2, 0.25) is 0 Å². The second-order valence-electron chi connectivity index (χ2n) is 6.81. The molecule has 138 valence electrons. The molecular weight excluding hydrogens is 342 g/mol. The van der Waals surface area contributed by atoms with E-state index >= 15 is 0 Å². The first-order chi connectivity index (χ1) is 13.1. The maximum Gasteiger partial charge on any atom is 0.325 e. The number of fused-ring (bicyclic) bond motifs is 1. The minimum Gasteiger partial charge on any atom is -0.480 e. The van der Waals surface area contributed by atoms with Crippen molar-refractivity contribution in [2.24, 2.45) is 0 Å². The summed E-state index contributed by atoms with van der Waals surface area (Å²) >= 11 is 0. The van der Waals surface area contributed by atoms with Crippen molar-refractivity contribution in [2.45, 2.75) is 18.9 Å². The Kier molecular flexibility index (Phi) is 4.64. The fraction of sp³-hybridized carbons (Fsp3) is 0.238. The van der Waals surface area contributed by atoms with Crippen molar-refractivity contribution in [1.82, 2.24) is 9.88 Å². The molecule has 1 amide bonds. The predicted octanol–water partition coefficient (Wildman–Crippen LogP) is 3.64. The van der Waals surface area contributed by atoms with Gasteiger partial charge in [0, 0.05) is 33.9 Å². The van der Waals surface area contributed by atoms with Crippen molar-refractivity contribution in [3.05, 3.63) is 65.9 Å². The first-order valence-electron chi connectivity index (χ1n) is 9.08. The second-order valence-corrected chi connectivity index (χ2v) is 6.81. The maximum absolute atomic E-state index is 12.4. The van der Waals surface area contributed by atoms with E-state index in [2.05, 4.69) is 10.3 Å². The fourth-order valence-electron chi connectivity index (χ4n) is 3.72. The number of amides is 1. The Morgan fingerprint density at radius 2 is 1.81 bits per heavy atom. The van der Waals surface area contributed by atoms with Crippen LogP contribution in [0, 0.1) is 0 Å². The Morgan fingerprint density at radius 3 is 2.52 bits per heavy atom. The summed E-state index contributed by atoms with van der Waals surface area (Å²) in [4.78, 5) is 29.5. The molecule has 1 aromatic heterocycles. The highest BCUT2D eigenvalue weighted by atomic mass is 16.4. The summed E-state index contributed by atoms with van der Waals surface area (Å²) in [6.45, 7) is 1.57. The molecule has 0 aliphatic carbocycles. The van der Waals surface area contributed by atoms with Gasteiger partial charge in [-0.2, -0.15) is 0 Å². The summed E-state index contributed by atoms with van der Waals surface area (Å²) in [5.41, 5.74) is 2.80. The van der Waals surface area contributed by atoms with E-state index in [1.165, 1.54) is 0 Å². The van der Waals surface area contributed by atoms with Gasteiger partial charge in [-0.05, 0) is 56.3 Å². The molecule has 1 saturated heterocycles. The zero-order valence-corrected chi connectivity index (χ0v) is 14.8. The molecule has 0 spiro atoms. The smallest absolute Gasteiger partial charge is 0.325 e. The Hall–Kier alpha value is -3.12. The Bertz CT molecular complexity index is 975. The third-order valence-corrected chi connectivity index (χ3v) is 5.04. The quantitative estimate of drug-likeness (QED) is 0.646. The predicted molar refractivity (Wildman–Crippen MR) is 104 cm³/mol. The van der Waals surface area contributed by atoms with Crippen molar-refractivity contribution >= 4 is 28.5 Å². The molecule has 27 heavy (non-hydrogen) atoms. The lowest BCUT2D eigenvalue weighted by molar-refractivity contribution is -0.143. The van der Waals surface area contributed by atoms with E-state index < -0.39 is 12.0 Å². The van der Waals surface area contributed by atoms with Crippen LogP contribution in [0.4, 0.5) is 5.69 Å². The largest absolute Gasteiger partial charge is 0.480 e. The van der Waals surface area contributed by atoms with Crippen LogP contribution >= 0.6 is 0 Å². The van der Waals surface area contributed by atoms with Crippen LogP contribution in [-0.2, 0) is 4.79 Å². The lowest BCUT2D eigenvalue weighted by Gasteiger charge is -2.23. The number of aromatic amines is 1. The van der Waals surface area contributed by atoms with E-state index in [1.54, 1.807) is 18.3 Å². The monoisotopic (exact) mass is 363 g/mol. The van der Waals surface area contributed by atoms with E-state index in [1.807, 2.05) is 41.3 Å². The van der Waals surface area contributed by atoms with Gasteiger partial charge >= 0.3 is 5.97 Å². The molecule has 1 fully saturated rings. The molecule has 0 unspecified atom stereocenters. The van der Waals surface area contributed by atoms with Crippen molar-refractivity contribution in [3.8, 4) is 0 Å². The maximum atomic E-state index is 12.4. The third-order valence-electron chi connectivity index (χ3n) is 5.04. The molecule has 1 aliphatic heterocycles. The number of aromatic nitrogens is 1. The number of hydrogen-bond donors (Lipinski definition) is 3. The molecular formula is C21H21N3O3. The van der Waals surface area contributed by atoms with Gasteiger partial charge in [0.05, 0.1) is 0 Å². The van der Waals surface area contributed by atoms with Crippen LogP contribution in [0.1, 0.15) is 34.8 Å². The molecule has 1 atom stereocenters. The summed E-state index contributed by atoms with van der Waals surface area (Å²) in [5, 5.41) is 13.5. The molecule has 4 rings (SSSR count). The number of anilines is 1. The van der Waals surface area contributed by atoms with Gasteiger partial charge < -0.3 is 15.4 Å². The van der Waals surface area contributed by atoms with Gasteiger partial charge in [-0.25, -0.2) is 0 Å². The number of nitrogens with one attached hydrogen (secondary N) is 2. The SMILES string of the molecule is O=C(Nc1ccc2[nH]cc([C@@H](C(=O)O)N3CCCC3)c2c1)c1ccccc1. The van der Waals surface area contributed by atoms with E-state index in [4.69, 9.17) is 0 Å². The van der Waals surface area contributed by atoms with Crippen LogP contribution in [-0.4, -0.2) is 40.0 Å². The molecule has 6 heteroatoms. The molecule has 3 N–H and O–H groups in total. The summed E-state index contributed by atoms with van der Waals surface area (Å²) in [5.74, 6) is -1.04. The Morgan fingerprint density at radius 1 is 1.07 bits per heavy atom. The van der Waals surface area contributed by atoms with E-state index in [0.717, 1.165) is 42.4 Å². The van der Waals surface area contributed by atoms with Gasteiger partial charge in [-0.3, -0.25) is 14.5 Å². The number of nitrogens with zero attached hydrogens (tertiary/aromatic N) is 1. The standard InChI is InChI=1S/C21H21N3O3/c25-20(14-6-2-1-3-7-14)23-15-8-9-18-16(12-15)17(13-22-18)19(21(26)27)24-10-4-5-11-24/h1-3,6-9,12-13,19,22H,4-5,10-11H2,(H,23,25)(H,26,27)/t19-/m0/s1. The molecule has 0 bridgehead atoms. The molecule has 2 heterocycles. The highest BCUT2D eigenvalue weighted by Gasteiger charge is 2.31. The minimum absolute atomic E-state index is 0.193. The normalized spacial score (nSPS) is 15.7. The Labute approximate surface area is 156 Å². The highest BCUT2D eigenvalue weighted by Crippen LogP contribution is 2.32. The minimum atomic E-state index is -0.850. The lowest BCUT2D eigenvalue weighted by atomic mass is 10.0. The average molecular weight is 363 g/mol. The summed E-state index contributed by atoms with van der Waals surface area (Å²) in [7, 11) is 0. The molecule has 2 aromatic carbocycles. The number of hydrogen-bond acceptors (Lipinski definition) is 3. The van der Waals surface area contributed by atoms with Gasteiger partial charge in [-0.15, -0.1) is 0 Å². The number of likely N-dealkylation sites (tertiary alicyclic amines) is 1. The number of carboxylic acids is 1. The number of H-pyrrole nitrogens is 1. The number of benzene rings is 2. The Balaban J connectivity index is 1.66. The van der Waals surface area contributed by atoms with Crippen molar-refractivity contribution in [1.29, 1.82) is 0 Å². The lowest BCUT2D eigenvalue weighted by Crippen LogP contribution is -2.31. The molecule has 3 aromatic rings. The highest BCUT2D eigenvalue weighted by molar-refractivity contribution is 6.05. The van der Waals surface area contributed by atoms with Gasteiger partial charge in [-0.1, -0.05) is 18.2 Å². The van der Waals surface area contributed by atoms with Crippen molar-refractivity contribution in [2.75, 3.05) is 18.4 Å². The molecule has 0 radical (unpaired) electrons. The zero-order valence-electron chi connectivity index (χ0n) is 14.8. The van der Waals surface area contributed by atoms with E-state index in [-0.39, 0.29) is 5.91 Å². The number of carboxylic acid groups (broad SMARTS) is 1. The van der Waals surface area contributed by atoms with Gasteiger partial charge in [0.25, 0.3) is 5.91 Å². The third kappa shape index (κ3) is 3.44. The summed E-state index contributed by atoms with van der Waals surface area (Å²) < 4.78 is 0. The van der Waals surface area contributed by atoms with Gasteiger partial charge in [0.2, 0.25) is 0 Å². The average Bonchev–Trinajstić information content (AvgIpc) is 3.33. The van der Waals surface area contributed by atoms with Crippen LogP contribution < -0.4 is 5.32 Å². The molecule has 0 saturated carbocycles. The summed E-state index contributed by atoms with van der Waals surface area (Å²) in [6, 6.07) is 13.8. The second kappa shape index (κ2) is 7.25. The number of aliphatic carboxylic acids is 1. The number of carbonyl (C=O) groups excluding carboxylic acids is 1. The number of carbonyl (C=O) groups is 2. The van der Waals surface area contributed by atoms with Crippen LogP contribution in [0.5, 0.6) is 0 Å². The van der Waals surface area contributed by atoms with Crippen LogP contribution in [0.25, 0.3) is 10.9 Å². The van der Waals surface area contributed by atoms with Crippen LogP contribution in [0.3, 0.4) is 0 Å². The zero-order chi connectivity index (χ0) is 18.8. The van der Waals surface area contributed by atoms with Gasteiger partial charge in [0.1, 0.15) is 6.04 Å². The van der Waals surface area contributed by atoms with Gasteiger partial charge in [0.15, 0.2) is 0 Å². The van der Waals surface area contributed by atoms with Crippen molar-refractivity contribution < 1.29 is 14.7 Å². The molecule has 1 aliphatic rings.